The lowest BCUT2D eigenvalue weighted by Gasteiger charge is -2.15. The number of aliphatic hydroxyl groups excluding tert-OH is 1. The zero-order chi connectivity index (χ0) is 31.9. The summed E-state index contributed by atoms with van der Waals surface area (Å²) in [5.74, 6) is -0.570. The Hall–Kier alpha value is -1.25. The first-order valence-electron chi connectivity index (χ1n) is 17.2. The summed E-state index contributed by atoms with van der Waals surface area (Å²) in [5, 5.41) is 12.4. The van der Waals surface area contributed by atoms with Crippen LogP contribution in [-0.4, -0.2) is 54.3 Å². The molecule has 0 saturated carbocycles. The van der Waals surface area contributed by atoms with E-state index in [1.807, 2.05) is 6.92 Å². The monoisotopic (exact) mass is 633 g/mol. The van der Waals surface area contributed by atoms with Crippen LogP contribution in [-0.2, 0) is 27.9 Å². The minimum atomic E-state index is -4.38. The smallest absolute Gasteiger partial charge is 0.463 e. The zero-order valence-corrected chi connectivity index (χ0v) is 28.3. The summed E-state index contributed by atoms with van der Waals surface area (Å²) < 4.78 is 26.2. The van der Waals surface area contributed by atoms with E-state index in [9.17, 15) is 24.2 Å². The van der Waals surface area contributed by atoms with Crippen LogP contribution in [0.2, 0.25) is 0 Å². The molecule has 2 unspecified atom stereocenters. The fourth-order valence-corrected chi connectivity index (χ4v) is 5.34. The number of nitrogens with one attached hydrogen (secondary N) is 1. The number of unbranched alkanes of at least 4 members (excludes halogenated alkanes) is 17. The predicted octanol–water partition coefficient (Wildman–Crippen LogP) is 8.32. The van der Waals surface area contributed by atoms with Gasteiger partial charge in [-0.15, -0.1) is 0 Å². The van der Waals surface area contributed by atoms with Gasteiger partial charge in [-0.2, -0.15) is 0 Å². The third-order valence-electron chi connectivity index (χ3n) is 7.17. The van der Waals surface area contributed by atoms with Gasteiger partial charge < -0.3 is 20.1 Å². The summed E-state index contributed by atoms with van der Waals surface area (Å²) >= 11 is 0. The largest absolute Gasteiger partial charge is 0.472 e. The van der Waals surface area contributed by atoms with E-state index < -0.39 is 26.5 Å². The SMILES string of the molecule is CCCCCCCC/C=C/CCCCCCCCCCCCCC(=O)NCCOP(=O)(O)OCC(O)COC(=O)CCC. The molecule has 43 heavy (non-hydrogen) atoms. The van der Waals surface area contributed by atoms with Crippen LogP contribution in [0.3, 0.4) is 0 Å². The number of amides is 1. The lowest BCUT2D eigenvalue weighted by Crippen LogP contribution is -2.27. The van der Waals surface area contributed by atoms with Crippen LogP contribution < -0.4 is 5.32 Å². The first kappa shape index (κ1) is 41.8. The Kier molecular flexibility index (Phi) is 29.9. The minimum Gasteiger partial charge on any atom is -0.463 e. The van der Waals surface area contributed by atoms with Gasteiger partial charge in [-0.25, -0.2) is 4.57 Å². The molecule has 0 saturated heterocycles. The second kappa shape index (κ2) is 30.8. The molecule has 0 spiro atoms. The van der Waals surface area contributed by atoms with Crippen LogP contribution in [0.15, 0.2) is 12.2 Å². The standard InChI is InChI=1S/C33H64NO8P/c1-3-5-6-7-8-9-10-11-12-13-14-15-16-17-18-19-20-21-22-23-24-26-32(36)34-27-28-41-43(38,39)42-30-31(35)29-40-33(37)25-4-2/h11-12,31,35H,3-10,13-30H2,1-2H3,(H,34,36)(H,38,39)/b12-11+. The molecule has 0 aromatic carbocycles. The molecule has 1 amide bonds. The van der Waals surface area contributed by atoms with Crippen molar-refractivity contribution in [1.82, 2.24) is 5.32 Å². The van der Waals surface area contributed by atoms with E-state index in [4.69, 9.17) is 13.8 Å². The van der Waals surface area contributed by atoms with Crippen LogP contribution in [0, 0.1) is 0 Å². The van der Waals surface area contributed by atoms with E-state index in [2.05, 4.69) is 24.4 Å². The van der Waals surface area contributed by atoms with Crippen molar-refractivity contribution in [3.05, 3.63) is 12.2 Å². The molecule has 3 N–H and O–H groups in total. The Morgan fingerprint density at radius 1 is 0.698 bits per heavy atom. The molecule has 0 aliphatic carbocycles. The molecule has 0 aliphatic rings. The molecule has 0 rings (SSSR count). The maximum Gasteiger partial charge on any atom is 0.472 e. The summed E-state index contributed by atoms with van der Waals surface area (Å²) in [6, 6.07) is 0. The average Bonchev–Trinajstić information content (AvgIpc) is 2.98. The third-order valence-corrected chi connectivity index (χ3v) is 8.15. The van der Waals surface area contributed by atoms with E-state index in [-0.39, 0.29) is 32.1 Å². The van der Waals surface area contributed by atoms with E-state index in [0.29, 0.717) is 12.8 Å². The quantitative estimate of drug-likeness (QED) is 0.0292. The van der Waals surface area contributed by atoms with Crippen molar-refractivity contribution in [3.8, 4) is 0 Å². The van der Waals surface area contributed by atoms with Crippen molar-refractivity contribution in [2.45, 2.75) is 161 Å². The Labute approximate surface area is 262 Å². The lowest BCUT2D eigenvalue weighted by molar-refractivity contribution is -0.147. The Morgan fingerprint density at radius 3 is 1.74 bits per heavy atom. The number of hydrogen-bond donors (Lipinski definition) is 3. The topological polar surface area (TPSA) is 131 Å². The molecule has 254 valence electrons. The van der Waals surface area contributed by atoms with E-state index >= 15 is 0 Å². The van der Waals surface area contributed by atoms with Crippen LogP contribution in [0.1, 0.15) is 155 Å². The molecule has 2 atom stereocenters. The Bertz CT molecular complexity index is 734. The summed E-state index contributed by atoms with van der Waals surface area (Å²) in [6.45, 7) is 3.13. The molecule has 0 aromatic heterocycles. The number of rotatable bonds is 32. The molecule has 0 fully saturated rings. The minimum absolute atomic E-state index is 0.0832. The summed E-state index contributed by atoms with van der Waals surface area (Å²) in [4.78, 5) is 32.9. The van der Waals surface area contributed by atoms with Crippen molar-refractivity contribution in [2.75, 3.05) is 26.4 Å². The highest BCUT2D eigenvalue weighted by molar-refractivity contribution is 7.47. The van der Waals surface area contributed by atoms with E-state index in [1.165, 1.54) is 103 Å². The fourth-order valence-electron chi connectivity index (χ4n) is 4.59. The number of carbonyl (C=O) groups excluding carboxylic acids is 2. The number of carbonyl (C=O) groups is 2. The summed E-state index contributed by atoms with van der Waals surface area (Å²) in [7, 11) is -4.38. The number of esters is 1. The third kappa shape index (κ3) is 32.0. The van der Waals surface area contributed by atoms with E-state index in [0.717, 1.165) is 19.3 Å². The van der Waals surface area contributed by atoms with Gasteiger partial charge in [-0.3, -0.25) is 18.6 Å². The Morgan fingerprint density at radius 2 is 1.21 bits per heavy atom. The highest BCUT2D eigenvalue weighted by Crippen LogP contribution is 2.42. The van der Waals surface area contributed by atoms with Gasteiger partial charge in [0.05, 0.1) is 13.2 Å². The maximum atomic E-state index is 11.9. The molecule has 0 bridgehead atoms. The molecule has 0 aliphatic heterocycles. The van der Waals surface area contributed by atoms with Gasteiger partial charge in [-0.05, 0) is 38.5 Å². The Balaban J connectivity index is 3.46. The number of phosphoric ester groups is 1. The van der Waals surface area contributed by atoms with Gasteiger partial charge in [0, 0.05) is 19.4 Å². The fraction of sp³-hybridized carbons (Fsp3) is 0.879. The number of ether oxygens (including phenoxy) is 1. The van der Waals surface area contributed by atoms with Crippen molar-refractivity contribution in [2.24, 2.45) is 0 Å². The van der Waals surface area contributed by atoms with Gasteiger partial charge in [0.25, 0.3) is 0 Å². The average molecular weight is 634 g/mol. The number of aliphatic hydroxyl groups is 1. The molecule has 9 nitrogen and oxygen atoms in total. The number of phosphoric acid groups is 1. The second-order valence-electron chi connectivity index (χ2n) is 11.5. The van der Waals surface area contributed by atoms with Crippen LogP contribution >= 0.6 is 7.82 Å². The zero-order valence-electron chi connectivity index (χ0n) is 27.4. The normalized spacial score (nSPS) is 13.7. The highest BCUT2D eigenvalue weighted by Gasteiger charge is 2.23. The van der Waals surface area contributed by atoms with E-state index in [1.54, 1.807) is 0 Å². The van der Waals surface area contributed by atoms with Crippen molar-refractivity contribution in [3.63, 3.8) is 0 Å². The predicted molar refractivity (Wildman–Crippen MR) is 174 cm³/mol. The van der Waals surface area contributed by atoms with Gasteiger partial charge in [0.15, 0.2) is 0 Å². The van der Waals surface area contributed by atoms with Gasteiger partial charge >= 0.3 is 13.8 Å². The molecule has 0 radical (unpaired) electrons. The number of allylic oxidation sites excluding steroid dienone is 2. The molecule has 0 heterocycles. The van der Waals surface area contributed by atoms with Gasteiger partial charge in [-0.1, -0.05) is 116 Å². The molecular weight excluding hydrogens is 569 g/mol. The van der Waals surface area contributed by atoms with Crippen molar-refractivity contribution >= 4 is 19.7 Å². The van der Waals surface area contributed by atoms with Crippen molar-refractivity contribution in [1.29, 1.82) is 0 Å². The van der Waals surface area contributed by atoms with Gasteiger partial charge in [0.1, 0.15) is 12.7 Å². The van der Waals surface area contributed by atoms with Crippen LogP contribution in [0.25, 0.3) is 0 Å². The van der Waals surface area contributed by atoms with Crippen LogP contribution in [0.5, 0.6) is 0 Å². The van der Waals surface area contributed by atoms with Gasteiger partial charge in [0.2, 0.25) is 5.91 Å². The summed E-state index contributed by atoms with van der Waals surface area (Å²) in [6.07, 6.45) is 28.9. The second-order valence-corrected chi connectivity index (χ2v) is 12.9. The molecule has 10 heteroatoms. The maximum absolute atomic E-state index is 11.9. The number of hydrogen-bond acceptors (Lipinski definition) is 7. The highest BCUT2D eigenvalue weighted by atomic mass is 31.2. The van der Waals surface area contributed by atoms with Crippen LogP contribution in [0.4, 0.5) is 0 Å². The molecular formula is C33H64NO8P. The first-order chi connectivity index (χ1) is 20.8. The van der Waals surface area contributed by atoms with Crippen molar-refractivity contribution < 1.29 is 37.9 Å². The molecule has 0 aromatic rings. The summed E-state index contributed by atoms with van der Waals surface area (Å²) in [5.41, 5.74) is 0. The first-order valence-corrected chi connectivity index (χ1v) is 18.7. The lowest BCUT2D eigenvalue weighted by atomic mass is 10.0.